The van der Waals surface area contributed by atoms with Crippen molar-refractivity contribution in [1.29, 1.82) is 0 Å². The molecule has 0 spiro atoms. The van der Waals surface area contributed by atoms with Crippen LogP contribution in [0, 0.1) is 6.92 Å². The lowest BCUT2D eigenvalue weighted by Gasteiger charge is -2.00. The van der Waals surface area contributed by atoms with Gasteiger partial charge in [0.15, 0.2) is 0 Å². The molecule has 0 atom stereocenters. The van der Waals surface area contributed by atoms with Gasteiger partial charge in [-0.25, -0.2) is 14.7 Å². The van der Waals surface area contributed by atoms with E-state index in [0.29, 0.717) is 0 Å². The van der Waals surface area contributed by atoms with Gasteiger partial charge in [0.25, 0.3) is 0 Å². The summed E-state index contributed by atoms with van der Waals surface area (Å²) in [7, 11) is 0. The number of aryl methyl sites for hydroxylation is 1. The van der Waals surface area contributed by atoms with Crippen LogP contribution in [-0.4, -0.2) is 21.0 Å². The molecule has 0 unspecified atom stereocenters. The van der Waals surface area contributed by atoms with Crippen molar-refractivity contribution < 1.29 is 0 Å². The molecular weight excluding hydrogens is 376 g/mol. The molecule has 4 nitrogen and oxygen atoms in total. The quantitative estimate of drug-likeness (QED) is 0.340. The Kier molecular flexibility index (Phi) is 4.50. The minimum Gasteiger partial charge on any atom is -0.240 e. The Morgan fingerprint density at radius 2 is 1.69 bits per heavy atom. The molecule has 0 N–H and O–H groups in total. The third kappa shape index (κ3) is 3.60. The molecule has 5 rings (SSSR count). The van der Waals surface area contributed by atoms with Crippen LogP contribution in [0.4, 0.5) is 5.13 Å². The topological polar surface area (TPSA) is 43.1 Å². The first kappa shape index (κ1) is 17.5. The third-order valence-electron chi connectivity index (χ3n) is 4.66. The van der Waals surface area contributed by atoms with Gasteiger partial charge in [-0.05, 0) is 36.8 Å². The Hall–Kier alpha value is -3.57. The predicted molar refractivity (Wildman–Crippen MR) is 121 cm³/mol. The van der Waals surface area contributed by atoms with E-state index in [0.717, 1.165) is 37.9 Å². The van der Waals surface area contributed by atoms with E-state index in [1.165, 1.54) is 5.56 Å². The van der Waals surface area contributed by atoms with Crippen molar-refractivity contribution in [3.05, 3.63) is 96.2 Å². The van der Waals surface area contributed by atoms with Gasteiger partial charge < -0.3 is 0 Å². The lowest BCUT2D eigenvalue weighted by Crippen LogP contribution is -1.93. The lowest BCUT2D eigenvalue weighted by atomic mass is 10.1. The van der Waals surface area contributed by atoms with Gasteiger partial charge in [-0.2, -0.15) is 5.10 Å². The highest BCUT2D eigenvalue weighted by Crippen LogP contribution is 2.29. The van der Waals surface area contributed by atoms with Gasteiger partial charge in [0.05, 0.1) is 15.9 Å². The molecule has 0 radical (unpaired) electrons. The van der Waals surface area contributed by atoms with E-state index in [1.807, 2.05) is 71.7 Å². The summed E-state index contributed by atoms with van der Waals surface area (Å²) < 4.78 is 3.05. The van der Waals surface area contributed by atoms with Crippen molar-refractivity contribution in [2.24, 2.45) is 4.99 Å². The Morgan fingerprint density at radius 1 is 0.931 bits per heavy atom. The maximum absolute atomic E-state index is 4.83. The number of nitrogens with zero attached hydrogens (tertiary/aromatic N) is 4. The van der Waals surface area contributed by atoms with Crippen LogP contribution in [0.1, 0.15) is 11.1 Å². The third-order valence-corrected chi connectivity index (χ3v) is 5.58. The number of thiazole rings is 1. The standard InChI is InChI=1S/C24H18N4S/c1-17-12-13-21-22(14-17)29-24(26-21)25-15-19-16-28(20-10-6-3-7-11-20)27-23(19)18-8-4-2-5-9-18/h2-16H,1H3. The van der Waals surface area contributed by atoms with E-state index in [-0.39, 0.29) is 0 Å². The minimum absolute atomic E-state index is 0.747. The summed E-state index contributed by atoms with van der Waals surface area (Å²) in [4.78, 5) is 9.30. The molecule has 0 aliphatic carbocycles. The Balaban J connectivity index is 1.57. The molecule has 140 valence electrons. The summed E-state index contributed by atoms with van der Waals surface area (Å²) in [6, 6.07) is 26.6. The summed E-state index contributed by atoms with van der Waals surface area (Å²) in [5, 5.41) is 5.57. The summed E-state index contributed by atoms with van der Waals surface area (Å²) in [6.45, 7) is 2.09. The van der Waals surface area contributed by atoms with Crippen LogP contribution >= 0.6 is 11.3 Å². The molecule has 2 heterocycles. The van der Waals surface area contributed by atoms with Crippen LogP contribution in [0.25, 0.3) is 27.2 Å². The largest absolute Gasteiger partial charge is 0.240 e. The second-order valence-corrected chi connectivity index (χ2v) is 7.81. The first-order valence-corrected chi connectivity index (χ1v) is 10.2. The Bertz CT molecular complexity index is 1300. The highest BCUT2D eigenvalue weighted by atomic mass is 32.1. The van der Waals surface area contributed by atoms with Gasteiger partial charge in [-0.1, -0.05) is 65.9 Å². The fourth-order valence-corrected chi connectivity index (χ4v) is 4.12. The fourth-order valence-electron chi connectivity index (χ4n) is 3.21. The Labute approximate surface area is 172 Å². The predicted octanol–water partition coefficient (Wildman–Crippen LogP) is 6.21. The molecule has 3 aromatic carbocycles. The average molecular weight is 395 g/mol. The molecule has 0 saturated heterocycles. The maximum Gasteiger partial charge on any atom is 0.210 e. The molecule has 0 aliphatic heterocycles. The first-order valence-electron chi connectivity index (χ1n) is 9.38. The summed E-state index contributed by atoms with van der Waals surface area (Å²) in [5.41, 5.74) is 6.14. The minimum atomic E-state index is 0.747. The first-order chi connectivity index (χ1) is 14.3. The van der Waals surface area contributed by atoms with E-state index in [4.69, 9.17) is 5.10 Å². The lowest BCUT2D eigenvalue weighted by molar-refractivity contribution is 0.884. The van der Waals surface area contributed by atoms with Crippen molar-refractivity contribution in [3.63, 3.8) is 0 Å². The second-order valence-electron chi connectivity index (χ2n) is 6.81. The van der Waals surface area contributed by atoms with Crippen molar-refractivity contribution in [3.8, 4) is 16.9 Å². The van der Waals surface area contributed by atoms with Crippen molar-refractivity contribution in [1.82, 2.24) is 14.8 Å². The van der Waals surface area contributed by atoms with Crippen LogP contribution < -0.4 is 0 Å². The molecule has 0 amide bonds. The normalized spacial score (nSPS) is 11.5. The van der Waals surface area contributed by atoms with Crippen LogP contribution in [0.2, 0.25) is 0 Å². The van der Waals surface area contributed by atoms with E-state index < -0.39 is 0 Å². The van der Waals surface area contributed by atoms with E-state index >= 15 is 0 Å². The SMILES string of the molecule is Cc1ccc2nc(N=Cc3cn(-c4ccccc4)nc3-c3ccccc3)sc2c1. The number of rotatable bonds is 4. The molecule has 0 saturated carbocycles. The molecule has 0 fully saturated rings. The van der Waals surface area contributed by atoms with Gasteiger partial charge in [0, 0.05) is 23.5 Å². The average Bonchev–Trinajstić information content (AvgIpc) is 3.37. The second kappa shape index (κ2) is 7.45. The zero-order valence-electron chi connectivity index (χ0n) is 15.9. The van der Waals surface area contributed by atoms with Gasteiger partial charge in [0.2, 0.25) is 5.13 Å². The molecule has 29 heavy (non-hydrogen) atoms. The van der Waals surface area contributed by atoms with Crippen LogP contribution in [0.5, 0.6) is 0 Å². The number of aliphatic imine (C=N–C) groups is 1. The number of para-hydroxylation sites is 1. The molecular formula is C24H18N4S. The zero-order valence-corrected chi connectivity index (χ0v) is 16.7. The summed E-state index contributed by atoms with van der Waals surface area (Å²) in [6.07, 6.45) is 3.87. The van der Waals surface area contributed by atoms with Crippen LogP contribution in [0.3, 0.4) is 0 Å². The van der Waals surface area contributed by atoms with E-state index in [9.17, 15) is 0 Å². The monoisotopic (exact) mass is 394 g/mol. The van der Waals surface area contributed by atoms with Crippen molar-refractivity contribution in [2.75, 3.05) is 0 Å². The molecule has 0 aliphatic rings. The maximum atomic E-state index is 4.83. The van der Waals surface area contributed by atoms with Crippen molar-refractivity contribution >= 4 is 32.9 Å². The van der Waals surface area contributed by atoms with Crippen LogP contribution in [0.15, 0.2) is 90.1 Å². The number of benzene rings is 3. The molecule has 2 aromatic heterocycles. The highest BCUT2D eigenvalue weighted by Gasteiger charge is 2.11. The van der Waals surface area contributed by atoms with Gasteiger partial charge >= 0.3 is 0 Å². The number of hydrogen-bond donors (Lipinski definition) is 0. The summed E-state index contributed by atoms with van der Waals surface area (Å²) in [5.74, 6) is 0. The number of aromatic nitrogens is 3. The zero-order chi connectivity index (χ0) is 19.6. The van der Waals surface area contributed by atoms with Gasteiger partial charge in [-0.15, -0.1) is 0 Å². The summed E-state index contributed by atoms with van der Waals surface area (Å²) >= 11 is 1.60. The van der Waals surface area contributed by atoms with E-state index in [1.54, 1.807) is 11.3 Å². The fraction of sp³-hybridized carbons (Fsp3) is 0.0417. The number of fused-ring (bicyclic) bond motifs is 1. The Morgan fingerprint density at radius 3 is 2.48 bits per heavy atom. The molecule has 5 heteroatoms. The van der Waals surface area contributed by atoms with Crippen LogP contribution in [-0.2, 0) is 0 Å². The van der Waals surface area contributed by atoms with E-state index in [2.05, 4.69) is 41.2 Å². The van der Waals surface area contributed by atoms with Gasteiger partial charge in [-0.3, -0.25) is 0 Å². The smallest absolute Gasteiger partial charge is 0.210 e. The molecule has 5 aromatic rings. The van der Waals surface area contributed by atoms with Crippen molar-refractivity contribution in [2.45, 2.75) is 6.92 Å². The highest BCUT2D eigenvalue weighted by molar-refractivity contribution is 7.22. The van der Waals surface area contributed by atoms with Gasteiger partial charge in [0.1, 0.15) is 5.69 Å². The number of hydrogen-bond acceptors (Lipinski definition) is 4. The molecule has 0 bridgehead atoms.